The maximum absolute atomic E-state index is 12.3. The normalized spacial score (nSPS) is 32.3. The van der Waals surface area contributed by atoms with Crippen LogP contribution in [-0.4, -0.2) is 18.1 Å². The maximum atomic E-state index is 12.3. The Morgan fingerprint density at radius 1 is 1.15 bits per heavy atom. The summed E-state index contributed by atoms with van der Waals surface area (Å²) in [6.07, 6.45) is 4.12. The smallest absolute Gasteiger partial charge is 0.329 e. The average Bonchev–Trinajstić information content (AvgIpc) is 2.81. The summed E-state index contributed by atoms with van der Waals surface area (Å²) >= 11 is 0. The number of rotatable bonds is 2. The number of anilines is 1. The Bertz CT molecular complexity index is 465. The Labute approximate surface area is 120 Å². The summed E-state index contributed by atoms with van der Waals surface area (Å²) < 4.78 is 5.75. The van der Waals surface area contributed by atoms with E-state index in [-0.39, 0.29) is 18.1 Å². The Kier molecular flexibility index (Phi) is 3.68. The topological polar surface area (TPSA) is 38.3 Å². The van der Waals surface area contributed by atoms with Gasteiger partial charge >= 0.3 is 5.97 Å². The molecule has 0 aromatic heterocycles. The van der Waals surface area contributed by atoms with Crippen molar-refractivity contribution in [1.29, 1.82) is 0 Å². The zero-order valence-electron chi connectivity index (χ0n) is 12.3. The van der Waals surface area contributed by atoms with Crippen LogP contribution in [0.1, 0.15) is 38.7 Å². The third kappa shape index (κ3) is 2.82. The lowest BCUT2D eigenvalue weighted by atomic mass is 9.82. The van der Waals surface area contributed by atoms with Gasteiger partial charge in [-0.3, -0.25) is 0 Å². The molecule has 1 aromatic rings. The van der Waals surface area contributed by atoms with Crippen LogP contribution < -0.4 is 5.32 Å². The SMILES string of the molecule is CC1CC(C)CC(OC(=O)C2Cc3ccccc3N2)C1. The first-order valence-electron chi connectivity index (χ1n) is 7.66. The van der Waals surface area contributed by atoms with Gasteiger partial charge < -0.3 is 10.1 Å². The van der Waals surface area contributed by atoms with Gasteiger partial charge in [0, 0.05) is 12.1 Å². The molecule has 1 saturated carbocycles. The molecule has 0 bridgehead atoms. The van der Waals surface area contributed by atoms with Gasteiger partial charge in [-0.15, -0.1) is 0 Å². The van der Waals surface area contributed by atoms with Gasteiger partial charge in [0.1, 0.15) is 12.1 Å². The third-order valence-electron chi connectivity index (χ3n) is 4.47. The van der Waals surface area contributed by atoms with Crippen LogP contribution in [0.4, 0.5) is 5.69 Å². The minimum atomic E-state index is -0.208. The third-order valence-corrected chi connectivity index (χ3v) is 4.47. The van der Waals surface area contributed by atoms with E-state index in [4.69, 9.17) is 4.74 Å². The predicted molar refractivity (Wildman–Crippen MR) is 79.6 cm³/mol. The lowest BCUT2D eigenvalue weighted by Gasteiger charge is -2.31. The van der Waals surface area contributed by atoms with E-state index >= 15 is 0 Å². The van der Waals surface area contributed by atoms with Crippen molar-refractivity contribution in [1.82, 2.24) is 0 Å². The monoisotopic (exact) mass is 273 g/mol. The number of ether oxygens (including phenoxy) is 1. The summed E-state index contributed by atoms with van der Waals surface area (Å²) in [5.41, 5.74) is 2.28. The first-order chi connectivity index (χ1) is 9.61. The van der Waals surface area contributed by atoms with Crippen LogP contribution >= 0.6 is 0 Å². The molecule has 20 heavy (non-hydrogen) atoms. The van der Waals surface area contributed by atoms with Crippen molar-refractivity contribution < 1.29 is 9.53 Å². The van der Waals surface area contributed by atoms with Crippen molar-refractivity contribution in [2.45, 2.75) is 51.7 Å². The standard InChI is InChI=1S/C17H23NO2/c1-11-7-12(2)9-14(8-11)20-17(19)16-10-13-5-3-4-6-15(13)18-16/h3-6,11-12,14,16,18H,7-10H2,1-2H3. The molecule has 108 valence electrons. The summed E-state index contributed by atoms with van der Waals surface area (Å²) in [5, 5.41) is 3.27. The van der Waals surface area contributed by atoms with Gasteiger partial charge in [-0.05, 0) is 42.7 Å². The second-order valence-electron chi connectivity index (χ2n) is 6.53. The molecule has 3 rings (SSSR count). The highest BCUT2D eigenvalue weighted by Gasteiger charge is 2.32. The van der Waals surface area contributed by atoms with Crippen LogP contribution in [0.5, 0.6) is 0 Å². The predicted octanol–water partition coefficient (Wildman–Crippen LogP) is 3.39. The van der Waals surface area contributed by atoms with Crippen LogP contribution in [0.3, 0.4) is 0 Å². The molecule has 0 saturated heterocycles. The molecule has 1 N–H and O–H groups in total. The molecule has 2 aliphatic rings. The molecule has 1 heterocycles. The van der Waals surface area contributed by atoms with E-state index in [1.165, 1.54) is 12.0 Å². The van der Waals surface area contributed by atoms with E-state index in [9.17, 15) is 4.79 Å². The highest BCUT2D eigenvalue weighted by molar-refractivity contribution is 5.83. The van der Waals surface area contributed by atoms with Crippen molar-refractivity contribution >= 4 is 11.7 Å². The number of benzene rings is 1. The molecule has 3 atom stereocenters. The molecule has 3 nitrogen and oxygen atoms in total. The number of carbonyl (C=O) groups is 1. The van der Waals surface area contributed by atoms with Gasteiger partial charge in [-0.1, -0.05) is 32.0 Å². The van der Waals surface area contributed by atoms with Gasteiger partial charge in [0.05, 0.1) is 0 Å². The fraction of sp³-hybridized carbons (Fsp3) is 0.588. The number of carbonyl (C=O) groups excluding carboxylic acids is 1. The largest absolute Gasteiger partial charge is 0.461 e. The van der Waals surface area contributed by atoms with Crippen molar-refractivity contribution in [3.63, 3.8) is 0 Å². The number of nitrogens with one attached hydrogen (secondary N) is 1. The molecule has 1 aliphatic carbocycles. The lowest BCUT2D eigenvalue weighted by molar-refractivity contribution is -0.152. The second-order valence-corrected chi connectivity index (χ2v) is 6.53. The zero-order valence-corrected chi connectivity index (χ0v) is 12.3. The number of esters is 1. The van der Waals surface area contributed by atoms with Crippen LogP contribution in [0.15, 0.2) is 24.3 Å². The molecule has 1 fully saturated rings. The Hall–Kier alpha value is -1.51. The number of hydrogen-bond donors (Lipinski definition) is 1. The minimum absolute atomic E-state index is 0.0903. The van der Waals surface area contributed by atoms with E-state index in [2.05, 4.69) is 25.2 Å². The molecular formula is C17H23NO2. The summed E-state index contributed by atoms with van der Waals surface area (Å²) in [5.74, 6) is 1.23. The molecule has 3 unspecified atom stereocenters. The Morgan fingerprint density at radius 2 is 1.85 bits per heavy atom. The summed E-state index contributed by atoms with van der Waals surface area (Å²) in [7, 11) is 0. The number of hydrogen-bond acceptors (Lipinski definition) is 3. The maximum Gasteiger partial charge on any atom is 0.329 e. The van der Waals surface area contributed by atoms with Gasteiger partial charge in [0.2, 0.25) is 0 Å². The van der Waals surface area contributed by atoms with Crippen molar-refractivity contribution in [3.05, 3.63) is 29.8 Å². The quantitative estimate of drug-likeness (QED) is 0.839. The molecular weight excluding hydrogens is 250 g/mol. The van der Waals surface area contributed by atoms with Gasteiger partial charge in [0.15, 0.2) is 0 Å². The minimum Gasteiger partial charge on any atom is -0.461 e. The number of para-hydroxylation sites is 1. The molecule has 0 radical (unpaired) electrons. The van der Waals surface area contributed by atoms with Gasteiger partial charge in [-0.2, -0.15) is 0 Å². The van der Waals surface area contributed by atoms with Crippen LogP contribution in [0, 0.1) is 11.8 Å². The molecule has 3 heteroatoms. The van der Waals surface area contributed by atoms with E-state index in [1.54, 1.807) is 0 Å². The van der Waals surface area contributed by atoms with E-state index in [0.717, 1.165) is 24.9 Å². The summed E-state index contributed by atoms with van der Waals surface area (Å²) in [6, 6.07) is 7.89. The van der Waals surface area contributed by atoms with Gasteiger partial charge in [-0.25, -0.2) is 4.79 Å². The number of fused-ring (bicyclic) bond motifs is 1. The summed E-state index contributed by atoms with van der Waals surface area (Å²) in [6.45, 7) is 4.50. The molecule has 1 aromatic carbocycles. The van der Waals surface area contributed by atoms with E-state index in [0.29, 0.717) is 11.8 Å². The fourth-order valence-corrected chi connectivity index (χ4v) is 3.66. The average molecular weight is 273 g/mol. The van der Waals surface area contributed by atoms with Crippen molar-refractivity contribution in [2.24, 2.45) is 11.8 Å². The van der Waals surface area contributed by atoms with E-state index < -0.39 is 0 Å². The van der Waals surface area contributed by atoms with Crippen molar-refractivity contribution in [3.8, 4) is 0 Å². The van der Waals surface area contributed by atoms with Crippen LogP contribution in [0.25, 0.3) is 0 Å². The Morgan fingerprint density at radius 3 is 2.55 bits per heavy atom. The highest BCUT2D eigenvalue weighted by Crippen LogP contribution is 2.31. The second kappa shape index (κ2) is 5.47. The van der Waals surface area contributed by atoms with Crippen LogP contribution in [-0.2, 0) is 16.0 Å². The van der Waals surface area contributed by atoms with Gasteiger partial charge in [0.25, 0.3) is 0 Å². The van der Waals surface area contributed by atoms with Crippen molar-refractivity contribution in [2.75, 3.05) is 5.32 Å². The summed E-state index contributed by atoms with van der Waals surface area (Å²) in [4.78, 5) is 12.3. The first kappa shape index (κ1) is 13.5. The zero-order chi connectivity index (χ0) is 14.1. The van der Waals surface area contributed by atoms with Crippen LogP contribution in [0.2, 0.25) is 0 Å². The molecule has 0 spiro atoms. The first-order valence-corrected chi connectivity index (χ1v) is 7.66. The molecule has 0 amide bonds. The van der Waals surface area contributed by atoms with E-state index in [1.807, 2.05) is 18.2 Å². The Balaban J connectivity index is 1.58. The molecule has 1 aliphatic heterocycles. The fourth-order valence-electron chi connectivity index (χ4n) is 3.66. The highest BCUT2D eigenvalue weighted by atomic mass is 16.5. The lowest BCUT2D eigenvalue weighted by Crippen LogP contribution is -2.35.